The second-order valence-corrected chi connectivity index (χ2v) is 9.58. The Morgan fingerprint density at radius 3 is 2.58 bits per heavy atom. The van der Waals surface area contributed by atoms with Gasteiger partial charge in [0.1, 0.15) is 11.6 Å². The van der Waals surface area contributed by atoms with Crippen LogP contribution in [0.25, 0.3) is 0 Å². The molecule has 0 saturated heterocycles. The van der Waals surface area contributed by atoms with Gasteiger partial charge in [0.15, 0.2) is 0 Å². The monoisotopic (exact) mass is 382 g/mol. The summed E-state index contributed by atoms with van der Waals surface area (Å²) in [5.74, 6) is -1.36. The van der Waals surface area contributed by atoms with Crippen LogP contribution in [0, 0.1) is 22.6 Å². The maximum Gasteiger partial charge on any atom is 0.239 e. The zero-order valence-electron chi connectivity index (χ0n) is 14.8. The minimum absolute atomic E-state index is 0.0000619. The minimum Gasteiger partial charge on any atom is -0.322 e. The molecule has 2 fully saturated rings. The molecule has 0 aliphatic heterocycles. The SMILES string of the molecule is CC1(C)C2CCC1(CS(=O)(=O)NCC(=O)Nc1ccccc1F)C(=O)C2. The summed E-state index contributed by atoms with van der Waals surface area (Å²) in [7, 11) is -3.84. The molecule has 2 N–H and O–H groups in total. The van der Waals surface area contributed by atoms with Crippen molar-refractivity contribution < 1.29 is 22.4 Å². The lowest BCUT2D eigenvalue weighted by Crippen LogP contribution is -2.46. The number of carbonyl (C=O) groups excluding carboxylic acids is 2. The van der Waals surface area contributed by atoms with E-state index in [0.29, 0.717) is 12.8 Å². The standard InChI is InChI=1S/C18H23FN2O4S/c1-17(2)12-7-8-18(17,15(22)9-12)11-26(24,25)20-10-16(23)21-14-6-4-3-5-13(14)19/h3-6,12,20H,7-11H2,1-2H3,(H,21,23). The Kier molecular flexibility index (Phi) is 4.69. The van der Waals surface area contributed by atoms with Gasteiger partial charge < -0.3 is 5.32 Å². The van der Waals surface area contributed by atoms with Gasteiger partial charge in [0.05, 0.1) is 18.0 Å². The number of anilines is 1. The van der Waals surface area contributed by atoms with E-state index in [1.165, 1.54) is 18.2 Å². The van der Waals surface area contributed by atoms with Crippen molar-refractivity contribution >= 4 is 27.4 Å². The fourth-order valence-corrected chi connectivity index (χ4v) is 6.20. The van der Waals surface area contributed by atoms with Crippen molar-refractivity contribution in [3.05, 3.63) is 30.1 Å². The molecule has 0 radical (unpaired) electrons. The topological polar surface area (TPSA) is 92.3 Å². The van der Waals surface area contributed by atoms with Crippen LogP contribution in [0.4, 0.5) is 10.1 Å². The second kappa shape index (κ2) is 6.42. The third kappa shape index (κ3) is 3.16. The fourth-order valence-electron chi connectivity index (χ4n) is 4.42. The summed E-state index contributed by atoms with van der Waals surface area (Å²) in [4.78, 5) is 24.4. The number of nitrogens with one attached hydrogen (secondary N) is 2. The molecule has 2 unspecified atom stereocenters. The molecule has 142 valence electrons. The number of ketones is 1. The third-order valence-corrected chi connectivity index (χ3v) is 7.63. The molecule has 6 nitrogen and oxygen atoms in total. The lowest BCUT2D eigenvalue weighted by molar-refractivity contribution is -0.128. The maximum absolute atomic E-state index is 13.5. The van der Waals surface area contributed by atoms with Crippen molar-refractivity contribution in [3.8, 4) is 0 Å². The normalized spacial score (nSPS) is 26.9. The van der Waals surface area contributed by atoms with E-state index in [-0.39, 0.29) is 28.6 Å². The fraction of sp³-hybridized carbons (Fsp3) is 0.556. The summed E-state index contributed by atoms with van der Waals surface area (Å²) in [5, 5.41) is 2.33. The summed E-state index contributed by atoms with van der Waals surface area (Å²) in [6.07, 6.45) is 1.84. The largest absolute Gasteiger partial charge is 0.322 e. The zero-order chi connectivity index (χ0) is 19.2. The van der Waals surface area contributed by atoms with Gasteiger partial charge in [-0.05, 0) is 36.3 Å². The Bertz CT molecular complexity index is 853. The molecular weight excluding hydrogens is 359 g/mol. The van der Waals surface area contributed by atoms with E-state index in [2.05, 4.69) is 10.0 Å². The predicted molar refractivity (Wildman–Crippen MR) is 95.4 cm³/mol. The van der Waals surface area contributed by atoms with Crippen LogP contribution in [0.3, 0.4) is 0 Å². The van der Waals surface area contributed by atoms with Crippen molar-refractivity contribution in [2.45, 2.75) is 33.1 Å². The van der Waals surface area contributed by atoms with Gasteiger partial charge in [-0.25, -0.2) is 17.5 Å². The van der Waals surface area contributed by atoms with E-state index in [0.717, 1.165) is 6.42 Å². The number of carbonyl (C=O) groups is 2. The van der Waals surface area contributed by atoms with Crippen molar-refractivity contribution in [1.29, 1.82) is 0 Å². The third-order valence-electron chi connectivity index (χ3n) is 6.18. The summed E-state index contributed by atoms with van der Waals surface area (Å²) in [6.45, 7) is 3.40. The summed E-state index contributed by atoms with van der Waals surface area (Å²) < 4.78 is 40.8. The predicted octanol–water partition coefficient (Wildman–Crippen LogP) is 2.08. The highest BCUT2D eigenvalue weighted by Gasteiger charge is 2.65. The molecule has 2 aliphatic carbocycles. The zero-order valence-corrected chi connectivity index (χ0v) is 15.7. The van der Waals surface area contributed by atoms with Crippen LogP contribution >= 0.6 is 0 Å². The Balaban J connectivity index is 1.64. The van der Waals surface area contributed by atoms with Crippen molar-refractivity contribution in [2.75, 3.05) is 17.6 Å². The molecule has 0 aromatic heterocycles. The number of sulfonamides is 1. The van der Waals surface area contributed by atoms with E-state index in [1.54, 1.807) is 6.07 Å². The van der Waals surface area contributed by atoms with Crippen LogP contribution < -0.4 is 10.0 Å². The minimum atomic E-state index is -3.84. The molecule has 3 rings (SSSR count). The lowest BCUT2D eigenvalue weighted by atomic mass is 9.70. The van der Waals surface area contributed by atoms with Crippen LogP contribution in [-0.2, 0) is 19.6 Å². The number of halogens is 1. The molecule has 2 saturated carbocycles. The van der Waals surface area contributed by atoms with Crippen LogP contribution in [0.1, 0.15) is 33.1 Å². The van der Waals surface area contributed by atoms with Crippen molar-refractivity contribution in [2.24, 2.45) is 16.7 Å². The van der Waals surface area contributed by atoms with E-state index in [1.807, 2.05) is 13.8 Å². The number of para-hydroxylation sites is 1. The molecule has 2 bridgehead atoms. The highest BCUT2D eigenvalue weighted by Crippen LogP contribution is 2.64. The number of hydrogen-bond donors (Lipinski definition) is 2. The smallest absolute Gasteiger partial charge is 0.239 e. The van der Waals surface area contributed by atoms with Gasteiger partial charge in [-0.2, -0.15) is 0 Å². The van der Waals surface area contributed by atoms with Gasteiger partial charge in [0.25, 0.3) is 0 Å². The average Bonchev–Trinajstić information content (AvgIpc) is 2.89. The molecule has 0 heterocycles. The molecule has 0 spiro atoms. The van der Waals surface area contributed by atoms with Crippen LogP contribution in [0.5, 0.6) is 0 Å². The van der Waals surface area contributed by atoms with Crippen molar-refractivity contribution in [3.63, 3.8) is 0 Å². The van der Waals surface area contributed by atoms with E-state index in [9.17, 15) is 22.4 Å². The Morgan fingerprint density at radius 2 is 2.00 bits per heavy atom. The highest BCUT2D eigenvalue weighted by molar-refractivity contribution is 7.89. The second-order valence-electron chi connectivity index (χ2n) is 7.77. The van der Waals surface area contributed by atoms with Crippen LogP contribution in [0.2, 0.25) is 0 Å². The van der Waals surface area contributed by atoms with E-state index >= 15 is 0 Å². The molecule has 2 aliphatic rings. The number of amides is 1. The first-order chi connectivity index (χ1) is 12.1. The number of Topliss-reactive ketones (excluding diaryl/α,β-unsaturated/α-hetero) is 1. The molecule has 1 aromatic rings. The number of fused-ring (bicyclic) bond motifs is 2. The quantitative estimate of drug-likeness (QED) is 0.788. The van der Waals surface area contributed by atoms with E-state index in [4.69, 9.17) is 0 Å². The number of benzene rings is 1. The summed E-state index contributed by atoms with van der Waals surface area (Å²) in [6, 6.07) is 5.64. The Morgan fingerprint density at radius 1 is 1.31 bits per heavy atom. The number of rotatable bonds is 6. The molecule has 1 aromatic carbocycles. The number of hydrogen-bond acceptors (Lipinski definition) is 4. The van der Waals surface area contributed by atoms with Gasteiger partial charge in [0, 0.05) is 11.8 Å². The molecule has 26 heavy (non-hydrogen) atoms. The first-order valence-corrected chi connectivity index (χ1v) is 10.3. The summed E-state index contributed by atoms with van der Waals surface area (Å²) in [5.41, 5.74) is -1.26. The molecule has 2 atom stereocenters. The Labute approximate surface area is 152 Å². The highest BCUT2D eigenvalue weighted by atomic mass is 32.2. The molecular formula is C18H23FN2O4S. The maximum atomic E-state index is 13.5. The van der Waals surface area contributed by atoms with Gasteiger partial charge in [-0.15, -0.1) is 0 Å². The molecule has 1 amide bonds. The lowest BCUT2D eigenvalue weighted by Gasteiger charge is -2.36. The van der Waals surface area contributed by atoms with E-state index < -0.39 is 33.7 Å². The van der Waals surface area contributed by atoms with Gasteiger partial charge in [-0.1, -0.05) is 26.0 Å². The van der Waals surface area contributed by atoms with Crippen LogP contribution in [-0.4, -0.2) is 32.4 Å². The van der Waals surface area contributed by atoms with Gasteiger partial charge in [0.2, 0.25) is 15.9 Å². The average molecular weight is 382 g/mol. The Hall–Kier alpha value is -1.80. The van der Waals surface area contributed by atoms with Crippen molar-refractivity contribution in [1.82, 2.24) is 4.72 Å². The first kappa shape index (κ1) is 19.0. The first-order valence-electron chi connectivity index (χ1n) is 8.62. The molecule has 8 heteroatoms. The van der Waals surface area contributed by atoms with Crippen LogP contribution in [0.15, 0.2) is 24.3 Å². The van der Waals surface area contributed by atoms with Gasteiger partial charge >= 0.3 is 0 Å². The summed E-state index contributed by atoms with van der Waals surface area (Å²) >= 11 is 0. The van der Waals surface area contributed by atoms with Gasteiger partial charge in [-0.3, -0.25) is 9.59 Å².